The van der Waals surface area contributed by atoms with E-state index in [0.29, 0.717) is 6.04 Å². The van der Waals surface area contributed by atoms with Crippen LogP contribution in [0, 0.1) is 6.92 Å². The third kappa shape index (κ3) is 1.75. The minimum absolute atomic E-state index is 0.248. The Morgan fingerprint density at radius 2 is 2.21 bits per heavy atom. The van der Waals surface area contributed by atoms with Gasteiger partial charge in [0.15, 0.2) is 5.65 Å². The Labute approximate surface area is 110 Å². The number of anilines is 1. The largest absolute Gasteiger partial charge is 0.478 e. The number of hydrogen-bond acceptors (Lipinski definition) is 4. The molecule has 100 valence electrons. The zero-order chi connectivity index (χ0) is 13.7. The molecule has 6 nitrogen and oxygen atoms in total. The first kappa shape index (κ1) is 12.0. The third-order valence-corrected chi connectivity index (χ3v) is 3.68. The maximum atomic E-state index is 11.4. The van der Waals surface area contributed by atoms with Gasteiger partial charge in [0, 0.05) is 26.3 Å². The van der Waals surface area contributed by atoms with E-state index in [1.807, 2.05) is 21.0 Å². The van der Waals surface area contributed by atoms with Crippen molar-refractivity contribution in [1.29, 1.82) is 0 Å². The molecule has 0 aliphatic heterocycles. The molecule has 0 unspecified atom stereocenters. The van der Waals surface area contributed by atoms with Gasteiger partial charge in [0.05, 0.1) is 16.8 Å². The van der Waals surface area contributed by atoms with E-state index in [-0.39, 0.29) is 5.56 Å². The SMILES string of the molecule is Cc1nn(C)c2ncc(C(=O)O)c(N(C)C3CC3)c12. The lowest BCUT2D eigenvalue weighted by atomic mass is 10.1. The van der Waals surface area contributed by atoms with E-state index < -0.39 is 5.97 Å². The van der Waals surface area contributed by atoms with Crippen LogP contribution >= 0.6 is 0 Å². The molecule has 2 aromatic rings. The molecule has 2 aromatic heterocycles. The van der Waals surface area contributed by atoms with Crippen LogP contribution in [-0.4, -0.2) is 38.9 Å². The van der Waals surface area contributed by atoms with Gasteiger partial charge in [-0.15, -0.1) is 0 Å². The number of carbonyl (C=O) groups is 1. The fraction of sp³-hybridized carbons (Fsp3) is 0.462. The Kier molecular flexibility index (Phi) is 2.48. The molecule has 1 N–H and O–H groups in total. The second kappa shape index (κ2) is 3.94. The predicted octanol–water partition coefficient (Wildman–Crippen LogP) is 1.57. The Morgan fingerprint density at radius 3 is 2.79 bits per heavy atom. The second-order valence-corrected chi connectivity index (χ2v) is 5.08. The van der Waals surface area contributed by atoms with Gasteiger partial charge in [-0.2, -0.15) is 5.10 Å². The lowest BCUT2D eigenvalue weighted by molar-refractivity contribution is 0.0697. The van der Waals surface area contributed by atoms with E-state index in [4.69, 9.17) is 0 Å². The van der Waals surface area contributed by atoms with Gasteiger partial charge in [-0.3, -0.25) is 4.68 Å². The molecule has 0 atom stereocenters. The van der Waals surface area contributed by atoms with Crippen molar-refractivity contribution in [3.8, 4) is 0 Å². The molecule has 0 bridgehead atoms. The van der Waals surface area contributed by atoms with Crippen molar-refractivity contribution in [2.45, 2.75) is 25.8 Å². The fourth-order valence-corrected chi connectivity index (χ4v) is 2.56. The molecule has 2 heterocycles. The van der Waals surface area contributed by atoms with Gasteiger partial charge in [-0.25, -0.2) is 9.78 Å². The van der Waals surface area contributed by atoms with E-state index in [9.17, 15) is 9.90 Å². The first-order valence-electron chi connectivity index (χ1n) is 6.29. The molecule has 19 heavy (non-hydrogen) atoms. The molecule has 1 aliphatic rings. The number of pyridine rings is 1. The third-order valence-electron chi connectivity index (χ3n) is 3.68. The second-order valence-electron chi connectivity index (χ2n) is 5.08. The maximum Gasteiger partial charge on any atom is 0.339 e. The maximum absolute atomic E-state index is 11.4. The normalized spacial score (nSPS) is 14.9. The standard InChI is InChI=1S/C13H16N4O2/c1-7-10-11(16(2)8-4-5-8)9(13(18)19)6-14-12(10)17(3)15-7/h6,8H,4-5H2,1-3H3,(H,18,19). The van der Waals surface area contributed by atoms with Crippen LogP contribution in [0.15, 0.2) is 6.20 Å². The zero-order valence-corrected chi connectivity index (χ0v) is 11.2. The molecule has 0 aromatic carbocycles. The summed E-state index contributed by atoms with van der Waals surface area (Å²) >= 11 is 0. The van der Waals surface area contributed by atoms with Crippen LogP contribution in [0.2, 0.25) is 0 Å². The first-order chi connectivity index (χ1) is 9.00. The van der Waals surface area contributed by atoms with Crippen LogP contribution < -0.4 is 4.90 Å². The summed E-state index contributed by atoms with van der Waals surface area (Å²) in [6.07, 6.45) is 3.65. The molecule has 1 saturated carbocycles. The average molecular weight is 260 g/mol. The molecule has 6 heteroatoms. The first-order valence-corrected chi connectivity index (χ1v) is 6.29. The van der Waals surface area contributed by atoms with Crippen LogP contribution in [-0.2, 0) is 7.05 Å². The van der Waals surface area contributed by atoms with E-state index in [0.717, 1.165) is 35.3 Å². The van der Waals surface area contributed by atoms with Gasteiger partial charge >= 0.3 is 5.97 Å². The molecule has 0 radical (unpaired) electrons. The quantitative estimate of drug-likeness (QED) is 0.907. The number of carboxylic acid groups (broad SMARTS) is 1. The number of aromatic nitrogens is 3. The van der Waals surface area contributed by atoms with Crippen molar-refractivity contribution in [3.63, 3.8) is 0 Å². The number of aromatic carboxylic acids is 1. The predicted molar refractivity (Wildman–Crippen MR) is 71.6 cm³/mol. The van der Waals surface area contributed by atoms with Crippen molar-refractivity contribution >= 4 is 22.7 Å². The van der Waals surface area contributed by atoms with Gasteiger partial charge in [-0.1, -0.05) is 0 Å². The van der Waals surface area contributed by atoms with Crippen molar-refractivity contribution in [3.05, 3.63) is 17.5 Å². The Bertz CT molecular complexity index is 673. The van der Waals surface area contributed by atoms with Gasteiger partial charge in [0.1, 0.15) is 5.56 Å². The monoisotopic (exact) mass is 260 g/mol. The number of carboxylic acids is 1. The molecule has 1 aliphatic carbocycles. The van der Waals surface area contributed by atoms with Gasteiger partial charge < -0.3 is 10.0 Å². The van der Waals surface area contributed by atoms with Crippen LogP contribution in [0.4, 0.5) is 5.69 Å². The topological polar surface area (TPSA) is 71.2 Å². The highest BCUT2D eigenvalue weighted by molar-refractivity contribution is 6.04. The molecular formula is C13H16N4O2. The highest BCUT2D eigenvalue weighted by atomic mass is 16.4. The van der Waals surface area contributed by atoms with E-state index >= 15 is 0 Å². The minimum atomic E-state index is -0.944. The van der Waals surface area contributed by atoms with Crippen molar-refractivity contribution < 1.29 is 9.90 Å². The van der Waals surface area contributed by atoms with Crippen LogP contribution in [0.5, 0.6) is 0 Å². The lowest BCUT2D eigenvalue weighted by Gasteiger charge is -2.21. The summed E-state index contributed by atoms with van der Waals surface area (Å²) in [4.78, 5) is 17.7. The van der Waals surface area contributed by atoms with Crippen LogP contribution in [0.3, 0.4) is 0 Å². The summed E-state index contributed by atoms with van der Waals surface area (Å²) in [7, 11) is 3.77. The molecule has 3 rings (SSSR count). The summed E-state index contributed by atoms with van der Waals surface area (Å²) in [6.45, 7) is 1.89. The van der Waals surface area contributed by atoms with Crippen LogP contribution in [0.25, 0.3) is 11.0 Å². The van der Waals surface area contributed by atoms with Crippen molar-refractivity contribution in [2.24, 2.45) is 7.05 Å². The average Bonchev–Trinajstić information content (AvgIpc) is 3.16. The van der Waals surface area contributed by atoms with E-state index in [2.05, 4.69) is 15.0 Å². The lowest BCUT2D eigenvalue weighted by Crippen LogP contribution is -2.22. The van der Waals surface area contributed by atoms with Crippen LogP contribution in [0.1, 0.15) is 28.9 Å². The zero-order valence-electron chi connectivity index (χ0n) is 11.2. The number of nitrogens with zero attached hydrogens (tertiary/aromatic N) is 4. The van der Waals surface area contributed by atoms with Gasteiger partial charge in [0.25, 0.3) is 0 Å². The Hall–Kier alpha value is -2.11. The minimum Gasteiger partial charge on any atom is -0.478 e. The number of rotatable bonds is 3. The molecule has 0 spiro atoms. The van der Waals surface area contributed by atoms with E-state index in [1.165, 1.54) is 6.20 Å². The summed E-state index contributed by atoms with van der Waals surface area (Å²) in [6, 6.07) is 0.434. The number of hydrogen-bond donors (Lipinski definition) is 1. The van der Waals surface area contributed by atoms with Gasteiger partial charge in [-0.05, 0) is 19.8 Å². The number of fused-ring (bicyclic) bond motifs is 1. The fourth-order valence-electron chi connectivity index (χ4n) is 2.56. The molecule has 0 amide bonds. The van der Waals surface area contributed by atoms with Gasteiger partial charge in [0.2, 0.25) is 0 Å². The smallest absolute Gasteiger partial charge is 0.339 e. The molecular weight excluding hydrogens is 244 g/mol. The molecule has 1 fully saturated rings. The highest BCUT2D eigenvalue weighted by Gasteiger charge is 2.31. The summed E-state index contributed by atoms with van der Waals surface area (Å²) in [5, 5.41) is 14.6. The summed E-state index contributed by atoms with van der Waals surface area (Å²) in [5.41, 5.74) is 2.53. The summed E-state index contributed by atoms with van der Waals surface area (Å²) in [5.74, 6) is -0.944. The molecule has 0 saturated heterocycles. The van der Waals surface area contributed by atoms with Crippen molar-refractivity contribution in [1.82, 2.24) is 14.8 Å². The number of aryl methyl sites for hydroxylation is 2. The Balaban J connectivity index is 2.34. The van der Waals surface area contributed by atoms with E-state index in [1.54, 1.807) is 4.68 Å². The van der Waals surface area contributed by atoms with Crippen molar-refractivity contribution in [2.75, 3.05) is 11.9 Å². The highest BCUT2D eigenvalue weighted by Crippen LogP contribution is 2.37. The Morgan fingerprint density at radius 1 is 1.53 bits per heavy atom. The summed E-state index contributed by atoms with van der Waals surface area (Å²) < 4.78 is 1.69.